The highest BCUT2D eigenvalue weighted by molar-refractivity contribution is 7.90. The average Bonchev–Trinajstić information content (AvgIpc) is 2.48. The predicted octanol–water partition coefficient (Wildman–Crippen LogP) is 1.83. The average molecular weight is 317 g/mol. The van der Waals surface area contributed by atoms with Crippen molar-refractivity contribution in [3.05, 3.63) is 65.7 Å². The number of nitrogens with two attached hydrogens (primary N) is 1. The van der Waals surface area contributed by atoms with E-state index in [9.17, 15) is 8.42 Å². The highest BCUT2D eigenvalue weighted by Gasteiger charge is 2.14. The molecule has 0 aliphatic heterocycles. The second-order valence-electron chi connectivity index (χ2n) is 4.92. The maximum absolute atomic E-state index is 12.1. The van der Waals surface area contributed by atoms with E-state index in [0.717, 1.165) is 11.1 Å². The van der Waals surface area contributed by atoms with E-state index in [0.29, 0.717) is 13.0 Å². The van der Waals surface area contributed by atoms with Gasteiger partial charge in [-0.1, -0.05) is 48.0 Å². The number of rotatable bonds is 5. The Kier molecular flexibility index (Phi) is 5.16. The first kappa shape index (κ1) is 16.0. The summed E-state index contributed by atoms with van der Waals surface area (Å²) < 4.78 is 26.5. The van der Waals surface area contributed by atoms with E-state index in [4.69, 9.17) is 5.73 Å². The normalized spacial score (nSPS) is 12.1. The van der Waals surface area contributed by atoms with Crippen LogP contribution < -0.4 is 10.5 Å². The first-order chi connectivity index (χ1) is 10.5. The molecule has 0 aliphatic rings. The van der Waals surface area contributed by atoms with Gasteiger partial charge in [-0.3, -0.25) is 4.99 Å². The molecule has 0 bridgehead atoms. The summed E-state index contributed by atoms with van der Waals surface area (Å²) in [5.41, 5.74) is 7.77. The van der Waals surface area contributed by atoms with Crippen molar-refractivity contribution in [2.24, 2.45) is 10.7 Å². The first-order valence-corrected chi connectivity index (χ1v) is 8.39. The molecule has 0 heterocycles. The van der Waals surface area contributed by atoms with Crippen molar-refractivity contribution in [2.75, 3.05) is 6.54 Å². The number of nitrogens with zero attached hydrogens (tertiary/aromatic N) is 1. The smallest absolute Gasteiger partial charge is 0.264 e. The Morgan fingerprint density at radius 1 is 1.09 bits per heavy atom. The van der Waals surface area contributed by atoms with Gasteiger partial charge in [-0.15, -0.1) is 0 Å². The van der Waals surface area contributed by atoms with Crippen LogP contribution in [0, 0.1) is 6.92 Å². The fraction of sp³-hybridized carbons (Fsp3) is 0.188. The number of hydrogen-bond acceptors (Lipinski definition) is 3. The van der Waals surface area contributed by atoms with Crippen molar-refractivity contribution in [3.63, 3.8) is 0 Å². The quantitative estimate of drug-likeness (QED) is 0.652. The van der Waals surface area contributed by atoms with Gasteiger partial charge in [0.2, 0.25) is 5.96 Å². The molecule has 6 heteroatoms. The molecular weight excluding hydrogens is 298 g/mol. The summed E-state index contributed by atoms with van der Waals surface area (Å²) in [5.74, 6) is -0.100. The summed E-state index contributed by atoms with van der Waals surface area (Å²) in [4.78, 5) is 4.22. The number of aryl methyl sites for hydroxylation is 1. The fourth-order valence-corrected chi connectivity index (χ4v) is 2.85. The third-order valence-electron chi connectivity index (χ3n) is 3.10. The molecule has 0 atom stereocenters. The SMILES string of the molecule is Cc1ccc(S(=O)(=O)NC(N)=NCCc2ccccc2)cc1. The molecule has 0 radical (unpaired) electrons. The van der Waals surface area contributed by atoms with Crippen LogP contribution in [0.15, 0.2) is 64.5 Å². The number of nitrogens with one attached hydrogen (secondary N) is 1. The molecule has 0 aromatic heterocycles. The minimum Gasteiger partial charge on any atom is -0.369 e. The number of sulfonamides is 1. The number of benzene rings is 2. The van der Waals surface area contributed by atoms with Gasteiger partial charge in [0.15, 0.2) is 0 Å². The van der Waals surface area contributed by atoms with Gasteiger partial charge in [0.05, 0.1) is 4.90 Å². The highest BCUT2D eigenvalue weighted by atomic mass is 32.2. The zero-order valence-corrected chi connectivity index (χ0v) is 13.2. The monoisotopic (exact) mass is 317 g/mol. The largest absolute Gasteiger partial charge is 0.369 e. The highest BCUT2D eigenvalue weighted by Crippen LogP contribution is 2.09. The van der Waals surface area contributed by atoms with Crippen LogP contribution >= 0.6 is 0 Å². The fourth-order valence-electron chi connectivity index (χ4n) is 1.90. The van der Waals surface area contributed by atoms with Crippen molar-refractivity contribution in [1.29, 1.82) is 0 Å². The van der Waals surface area contributed by atoms with E-state index in [2.05, 4.69) is 9.71 Å². The van der Waals surface area contributed by atoms with Gasteiger partial charge in [-0.05, 0) is 31.0 Å². The molecule has 3 N–H and O–H groups in total. The van der Waals surface area contributed by atoms with Gasteiger partial charge < -0.3 is 5.73 Å². The molecule has 2 aromatic carbocycles. The summed E-state index contributed by atoms with van der Waals surface area (Å²) in [6.45, 7) is 2.31. The van der Waals surface area contributed by atoms with Crippen LogP contribution in [0.25, 0.3) is 0 Å². The van der Waals surface area contributed by atoms with Crippen LogP contribution in [0.2, 0.25) is 0 Å². The van der Waals surface area contributed by atoms with E-state index in [-0.39, 0.29) is 10.9 Å². The number of hydrogen-bond donors (Lipinski definition) is 2. The molecule has 0 spiro atoms. The lowest BCUT2D eigenvalue weighted by Crippen LogP contribution is -2.37. The Morgan fingerprint density at radius 2 is 1.73 bits per heavy atom. The lowest BCUT2D eigenvalue weighted by Gasteiger charge is -2.07. The Balaban J connectivity index is 1.96. The lowest BCUT2D eigenvalue weighted by atomic mass is 10.2. The predicted molar refractivity (Wildman–Crippen MR) is 88.1 cm³/mol. The molecule has 0 saturated carbocycles. The maximum atomic E-state index is 12.1. The third-order valence-corrected chi connectivity index (χ3v) is 4.47. The molecule has 0 amide bonds. The summed E-state index contributed by atoms with van der Waals surface area (Å²) in [7, 11) is -3.68. The van der Waals surface area contributed by atoms with Gasteiger partial charge in [-0.2, -0.15) is 0 Å². The Hall–Kier alpha value is -2.34. The van der Waals surface area contributed by atoms with Gasteiger partial charge >= 0.3 is 0 Å². The second-order valence-corrected chi connectivity index (χ2v) is 6.60. The van der Waals surface area contributed by atoms with Crippen molar-refractivity contribution < 1.29 is 8.42 Å². The maximum Gasteiger partial charge on any atom is 0.264 e. The van der Waals surface area contributed by atoms with Crippen LogP contribution in [0.3, 0.4) is 0 Å². The van der Waals surface area contributed by atoms with Crippen molar-refractivity contribution in [2.45, 2.75) is 18.2 Å². The van der Waals surface area contributed by atoms with Crippen molar-refractivity contribution >= 4 is 16.0 Å². The minimum atomic E-state index is -3.68. The van der Waals surface area contributed by atoms with Crippen LogP contribution in [-0.4, -0.2) is 20.9 Å². The second kappa shape index (κ2) is 7.09. The molecular formula is C16H19N3O2S. The topological polar surface area (TPSA) is 84.5 Å². The third kappa shape index (κ3) is 4.60. The van der Waals surface area contributed by atoms with Crippen LogP contribution in [0.4, 0.5) is 0 Å². The first-order valence-electron chi connectivity index (χ1n) is 6.91. The summed E-state index contributed by atoms with van der Waals surface area (Å²) in [5, 5.41) is 0. The molecule has 116 valence electrons. The van der Waals surface area contributed by atoms with Crippen molar-refractivity contribution in [1.82, 2.24) is 4.72 Å². The molecule has 2 rings (SSSR count). The summed E-state index contributed by atoms with van der Waals surface area (Å²) >= 11 is 0. The molecule has 5 nitrogen and oxygen atoms in total. The molecule has 0 fully saturated rings. The minimum absolute atomic E-state index is 0.100. The molecule has 0 aliphatic carbocycles. The summed E-state index contributed by atoms with van der Waals surface area (Å²) in [6.07, 6.45) is 0.702. The van der Waals surface area contributed by atoms with E-state index in [1.165, 1.54) is 12.1 Å². The van der Waals surface area contributed by atoms with Gasteiger partial charge in [0.25, 0.3) is 10.0 Å². The molecule has 0 saturated heterocycles. The van der Waals surface area contributed by atoms with Gasteiger partial charge in [0, 0.05) is 6.54 Å². The van der Waals surface area contributed by atoms with E-state index >= 15 is 0 Å². The molecule has 0 unspecified atom stereocenters. The lowest BCUT2D eigenvalue weighted by molar-refractivity contribution is 0.592. The van der Waals surface area contributed by atoms with Crippen LogP contribution in [0.5, 0.6) is 0 Å². The Bertz CT molecular complexity index is 739. The zero-order valence-electron chi connectivity index (χ0n) is 12.4. The Labute approximate surface area is 130 Å². The standard InChI is InChI=1S/C16H19N3O2S/c1-13-7-9-15(10-8-13)22(20,21)19-16(17)18-12-11-14-5-3-2-4-6-14/h2-10H,11-12H2,1H3,(H3,17,18,19). The van der Waals surface area contributed by atoms with Gasteiger partial charge in [-0.25, -0.2) is 13.1 Å². The van der Waals surface area contributed by atoms with E-state index < -0.39 is 10.0 Å². The van der Waals surface area contributed by atoms with E-state index in [1.54, 1.807) is 12.1 Å². The van der Waals surface area contributed by atoms with Crippen LogP contribution in [0.1, 0.15) is 11.1 Å². The molecule has 22 heavy (non-hydrogen) atoms. The number of aliphatic imine (C=N–C) groups is 1. The molecule has 2 aromatic rings. The van der Waals surface area contributed by atoms with Gasteiger partial charge in [0.1, 0.15) is 0 Å². The van der Waals surface area contributed by atoms with Crippen LogP contribution in [-0.2, 0) is 16.4 Å². The van der Waals surface area contributed by atoms with Crippen molar-refractivity contribution in [3.8, 4) is 0 Å². The number of guanidine groups is 1. The summed E-state index contributed by atoms with van der Waals surface area (Å²) in [6, 6.07) is 16.4. The Morgan fingerprint density at radius 3 is 2.36 bits per heavy atom. The zero-order chi connectivity index (χ0) is 16.0. The van der Waals surface area contributed by atoms with E-state index in [1.807, 2.05) is 37.3 Å².